The number of aromatic nitrogens is 3. The molecule has 0 unspecified atom stereocenters. The molecule has 2 aromatic heterocycles. The van der Waals surface area contributed by atoms with Gasteiger partial charge < -0.3 is 4.74 Å². The van der Waals surface area contributed by atoms with Crippen LogP contribution in [0.2, 0.25) is 10.3 Å². The van der Waals surface area contributed by atoms with Gasteiger partial charge in [0.05, 0.1) is 44.2 Å². The molecule has 1 aliphatic rings. The van der Waals surface area contributed by atoms with Gasteiger partial charge in [-0.1, -0.05) is 30.7 Å². The maximum atomic E-state index is 12.6. The van der Waals surface area contributed by atoms with Gasteiger partial charge >= 0.3 is 6.18 Å². The molecule has 7 nitrogen and oxygen atoms in total. The van der Waals surface area contributed by atoms with Crippen molar-refractivity contribution in [3.8, 4) is 21.8 Å². The molecule has 1 aliphatic heterocycles. The van der Waals surface area contributed by atoms with Crippen LogP contribution in [-0.2, 0) is 20.2 Å². The summed E-state index contributed by atoms with van der Waals surface area (Å²) in [5.41, 5.74) is 1.07. The van der Waals surface area contributed by atoms with Gasteiger partial charge in [-0.3, -0.25) is 4.72 Å². The third-order valence-electron chi connectivity index (χ3n) is 5.77. The van der Waals surface area contributed by atoms with Crippen molar-refractivity contribution in [3.63, 3.8) is 0 Å². The second-order valence-electron chi connectivity index (χ2n) is 8.53. The van der Waals surface area contributed by atoms with Crippen LogP contribution in [0.4, 0.5) is 18.9 Å². The van der Waals surface area contributed by atoms with Gasteiger partial charge in [0, 0.05) is 30.4 Å². The first kappa shape index (κ1) is 27.1. The largest absolute Gasteiger partial charge is 0.390 e. The zero-order chi connectivity index (χ0) is 26.1. The Hall–Kier alpha value is -1.99. The number of nitrogens with one attached hydrogen (secondary N) is 1. The Bertz CT molecular complexity index is 1360. The normalized spacial score (nSPS) is 16.2. The lowest BCUT2D eigenvalue weighted by Crippen LogP contribution is -2.30. The fourth-order valence-electron chi connectivity index (χ4n) is 3.69. The van der Waals surface area contributed by atoms with Crippen LogP contribution in [0.5, 0.6) is 0 Å². The summed E-state index contributed by atoms with van der Waals surface area (Å²) >= 11 is 14.0. The summed E-state index contributed by atoms with van der Waals surface area (Å²) in [6.07, 6.45) is -3.05. The molecular weight excluding hydrogens is 560 g/mol. The van der Waals surface area contributed by atoms with Crippen molar-refractivity contribution in [3.05, 3.63) is 45.8 Å². The highest BCUT2D eigenvalue weighted by atomic mass is 35.5. The smallest absolute Gasteiger partial charge is 0.381 e. The van der Waals surface area contributed by atoms with Crippen LogP contribution in [-0.4, -0.2) is 48.5 Å². The lowest BCUT2D eigenvalue weighted by molar-refractivity contribution is -0.129. The van der Waals surface area contributed by atoms with E-state index < -0.39 is 28.4 Å². The van der Waals surface area contributed by atoms with Gasteiger partial charge in [0.25, 0.3) is 0 Å². The Morgan fingerprint density at radius 3 is 2.56 bits per heavy atom. The van der Waals surface area contributed by atoms with Crippen molar-refractivity contribution in [2.75, 3.05) is 23.7 Å². The Morgan fingerprint density at radius 1 is 1.17 bits per heavy atom. The quantitative estimate of drug-likeness (QED) is 0.328. The molecule has 1 N–H and O–H groups in total. The van der Waals surface area contributed by atoms with Crippen LogP contribution in [0.3, 0.4) is 0 Å². The number of sulfonamides is 1. The van der Waals surface area contributed by atoms with E-state index in [1.54, 1.807) is 18.2 Å². The Labute approximate surface area is 220 Å². The molecular formula is C22H21Cl2F3N4O3S2. The van der Waals surface area contributed by atoms with Crippen molar-refractivity contribution in [2.45, 2.75) is 37.8 Å². The van der Waals surface area contributed by atoms with Crippen molar-refractivity contribution in [1.29, 1.82) is 0 Å². The molecule has 14 heteroatoms. The van der Waals surface area contributed by atoms with E-state index >= 15 is 0 Å². The van der Waals surface area contributed by atoms with E-state index in [9.17, 15) is 21.6 Å². The number of thiazole rings is 1. The van der Waals surface area contributed by atoms with Crippen molar-refractivity contribution >= 4 is 50.2 Å². The Kier molecular flexibility index (Phi) is 7.82. The van der Waals surface area contributed by atoms with E-state index in [1.165, 1.54) is 23.6 Å². The van der Waals surface area contributed by atoms with Gasteiger partial charge in [0.1, 0.15) is 0 Å². The molecule has 3 heterocycles. The number of hydrogen-bond acceptors (Lipinski definition) is 7. The fraction of sp³-hybridized carbons (Fsp3) is 0.409. The Balaban J connectivity index is 1.78. The molecule has 3 aromatic rings. The maximum Gasteiger partial charge on any atom is 0.390 e. The number of rotatable bonds is 7. The molecule has 36 heavy (non-hydrogen) atoms. The van der Waals surface area contributed by atoms with Crippen LogP contribution in [0.25, 0.3) is 21.8 Å². The first-order valence-electron chi connectivity index (χ1n) is 10.8. The monoisotopic (exact) mass is 580 g/mol. The average molecular weight is 581 g/mol. The van der Waals surface area contributed by atoms with Crippen molar-refractivity contribution in [1.82, 2.24) is 15.0 Å². The lowest BCUT2D eigenvalue weighted by atomic mass is 9.83. The molecule has 0 atom stereocenters. The van der Waals surface area contributed by atoms with Gasteiger partial charge in [-0.05, 0) is 36.6 Å². The third-order valence-corrected chi connectivity index (χ3v) is 9.02. The molecule has 0 aliphatic carbocycles. The summed E-state index contributed by atoms with van der Waals surface area (Å²) in [4.78, 5) is 13.8. The minimum Gasteiger partial charge on any atom is -0.381 e. The third kappa shape index (κ3) is 6.28. The van der Waals surface area contributed by atoms with Crippen LogP contribution in [0.15, 0.2) is 30.5 Å². The SMILES string of the molecule is CC1(c2nc(-c3cccc(NS(=O)(=O)CCC(F)(F)F)c3Cl)c(-c3ccnc(Cl)n3)s2)CCOCC1. The summed E-state index contributed by atoms with van der Waals surface area (Å²) in [6, 6.07) is 6.27. The van der Waals surface area contributed by atoms with E-state index in [0.717, 1.165) is 17.8 Å². The van der Waals surface area contributed by atoms with E-state index in [1.807, 2.05) is 0 Å². The number of ether oxygens (including phenoxy) is 1. The van der Waals surface area contributed by atoms with Crippen molar-refractivity contribution < 1.29 is 26.3 Å². The summed E-state index contributed by atoms with van der Waals surface area (Å²) in [5.74, 6) is -1.12. The number of hydrogen-bond donors (Lipinski definition) is 1. The highest BCUT2D eigenvalue weighted by molar-refractivity contribution is 7.92. The summed E-state index contributed by atoms with van der Waals surface area (Å²) in [6.45, 7) is 3.29. The highest BCUT2D eigenvalue weighted by Gasteiger charge is 2.35. The van der Waals surface area contributed by atoms with Crippen LogP contribution < -0.4 is 4.72 Å². The first-order chi connectivity index (χ1) is 16.9. The molecule has 1 fully saturated rings. The molecule has 0 bridgehead atoms. The zero-order valence-corrected chi connectivity index (χ0v) is 22.0. The second-order valence-corrected chi connectivity index (χ2v) is 12.1. The van der Waals surface area contributed by atoms with Crippen LogP contribution in [0, 0.1) is 0 Å². The molecule has 0 spiro atoms. The zero-order valence-electron chi connectivity index (χ0n) is 18.9. The van der Waals surface area contributed by atoms with E-state index in [2.05, 4.69) is 21.6 Å². The summed E-state index contributed by atoms with van der Waals surface area (Å²) < 4.78 is 69.9. The van der Waals surface area contributed by atoms with E-state index in [0.29, 0.717) is 35.0 Å². The minimum atomic E-state index is -4.61. The fourth-order valence-corrected chi connectivity index (χ4v) is 6.52. The number of benzene rings is 1. The molecule has 0 radical (unpaired) electrons. The topological polar surface area (TPSA) is 94.1 Å². The number of alkyl halides is 3. The number of anilines is 1. The number of halogens is 5. The summed E-state index contributed by atoms with van der Waals surface area (Å²) in [7, 11) is -4.30. The maximum absolute atomic E-state index is 12.6. The molecule has 1 saturated heterocycles. The predicted octanol–water partition coefficient (Wildman–Crippen LogP) is 6.34. The highest BCUT2D eigenvalue weighted by Crippen LogP contribution is 2.46. The summed E-state index contributed by atoms with van der Waals surface area (Å²) in [5, 5.41) is 0.879. The molecule has 0 amide bonds. The van der Waals surface area contributed by atoms with E-state index in [-0.39, 0.29) is 21.4 Å². The molecule has 0 saturated carbocycles. The van der Waals surface area contributed by atoms with Gasteiger partial charge in [-0.2, -0.15) is 13.2 Å². The van der Waals surface area contributed by atoms with Crippen LogP contribution >= 0.6 is 34.5 Å². The van der Waals surface area contributed by atoms with Gasteiger partial charge in [-0.25, -0.2) is 23.4 Å². The van der Waals surface area contributed by atoms with Gasteiger partial charge in [0.2, 0.25) is 15.3 Å². The minimum absolute atomic E-state index is 0.00321. The van der Waals surface area contributed by atoms with Crippen LogP contribution in [0.1, 0.15) is 31.2 Å². The van der Waals surface area contributed by atoms with Gasteiger partial charge in [-0.15, -0.1) is 11.3 Å². The van der Waals surface area contributed by atoms with Gasteiger partial charge in [0.15, 0.2) is 0 Å². The first-order valence-corrected chi connectivity index (χ1v) is 14.0. The number of nitrogens with zero attached hydrogens (tertiary/aromatic N) is 3. The molecule has 1 aromatic carbocycles. The second kappa shape index (κ2) is 10.4. The lowest BCUT2D eigenvalue weighted by Gasteiger charge is -2.31. The average Bonchev–Trinajstić information content (AvgIpc) is 3.26. The standard InChI is InChI=1S/C22H21Cl2F3N4O3S2/c1-21(6-10-34-11-7-21)19-30-17(18(35-19)15-5-9-28-20(24)29-15)13-3-2-4-14(16(13)23)31-36(32,33)12-8-22(25,26)27/h2-5,9,31H,6-8,10-12H2,1H3. The van der Waals surface area contributed by atoms with E-state index in [4.69, 9.17) is 32.9 Å². The molecule has 4 rings (SSSR count). The Morgan fingerprint density at radius 2 is 1.89 bits per heavy atom. The van der Waals surface area contributed by atoms with Crippen molar-refractivity contribution in [2.24, 2.45) is 0 Å². The predicted molar refractivity (Wildman–Crippen MR) is 134 cm³/mol. The molecule has 194 valence electrons.